The lowest BCUT2D eigenvalue weighted by Crippen LogP contribution is -2.54. The SMILES string of the molecule is CCCC(C)NS(=O)(=O)c1ccc(N2CCN(S(=O)(=O)N(C)C3CCCCC3)CC2)nc1. The Kier molecular flexibility index (Phi) is 8.53. The first-order valence-electron chi connectivity index (χ1n) is 11.6. The average molecular weight is 488 g/mol. The van der Waals surface area contributed by atoms with Gasteiger partial charge >= 0.3 is 0 Å². The number of nitrogens with zero attached hydrogens (tertiary/aromatic N) is 4. The Bertz CT molecular complexity index is 939. The zero-order valence-corrected chi connectivity index (χ0v) is 21.0. The van der Waals surface area contributed by atoms with Crippen molar-refractivity contribution in [3.63, 3.8) is 0 Å². The standard InChI is InChI=1S/C21H37N5O4S2/c1-4-8-18(2)23-31(27,28)20-11-12-21(22-17-20)25-13-15-26(16-14-25)32(29,30)24(3)19-9-6-5-7-10-19/h11-12,17-19,23H,4-10,13-16H2,1-3H3. The van der Waals surface area contributed by atoms with Gasteiger partial charge in [-0.15, -0.1) is 0 Å². The predicted molar refractivity (Wildman–Crippen MR) is 126 cm³/mol. The second-order valence-corrected chi connectivity index (χ2v) is 12.6. The Hall–Kier alpha value is -1.27. The molecular weight excluding hydrogens is 450 g/mol. The highest BCUT2D eigenvalue weighted by Crippen LogP contribution is 2.26. The van der Waals surface area contributed by atoms with Crippen LogP contribution in [-0.2, 0) is 20.2 Å². The molecule has 0 aromatic carbocycles. The molecule has 0 radical (unpaired) electrons. The van der Waals surface area contributed by atoms with Gasteiger partial charge in [0.1, 0.15) is 10.7 Å². The van der Waals surface area contributed by atoms with Gasteiger partial charge < -0.3 is 4.90 Å². The summed E-state index contributed by atoms with van der Waals surface area (Å²) in [6.07, 6.45) is 8.26. The molecule has 1 aromatic heterocycles. The normalized spacial score (nSPS) is 20.6. The summed E-state index contributed by atoms with van der Waals surface area (Å²) < 4.78 is 56.9. The highest BCUT2D eigenvalue weighted by molar-refractivity contribution is 7.89. The number of sulfonamides is 1. The minimum Gasteiger partial charge on any atom is -0.354 e. The van der Waals surface area contributed by atoms with Crippen molar-refractivity contribution < 1.29 is 16.8 Å². The molecule has 2 fully saturated rings. The summed E-state index contributed by atoms with van der Waals surface area (Å²) in [4.78, 5) is 6.48. The van der Waals surface area contributed by atoms with Crippen molar-refractivity contribution in [2.45, 2.75) is 75.8 Å². The van der Waals surface area contributed by atoms with Crippen molar-refractivity contribution in [2.24, 2.45) is 0 Å². The number of hydrogen-bond donors (Lipinski definition) is 1. The van der Waals surface area contributed by atoms with E-state index in [1.54, 1.807) is 27.8 Å². The molecule has 0 amide bonds. The van der Waals surface area contributed by atoms with Crippen LogP contribution in [0.25, 0.3) is 0 Å². The van der Waals surface area contributed by atoms with Gasteiger partial charge in [-0.1, -0.05) is 32.6 Å². The van der Waals surface area contributed by atoms with Crippen LogP contribution in [0.2, 0.25) is 0 Å². The molecule has 1 N–H and O–H groups in total. The summed E-state index contributed by atoms with van der Waals surface area (Å²) >= 11 is 0. The van der Waals surface area contributed by atoms with Crippen LogP contribution in [0.4, 0.5) is 5.82 Å². The fourth-order valence-electron chi connectivity index (χ4n) is 4.51. The van der Waals surface area contributed by atoms with Crippen molar-refractivity contribution in [1.29, 1.82) is 0 Å². The molecule has 1 saturated heterocycles. The Balaban J connectivity index is 1.59. The van der Waals surface area contributed by atoms with Crippen molar-refractivity contribution in [3.8, 4) is 0 Å². The molecule has 2 aliphatic rings. The molecular formula is C21H37N5O4S2. The van der Waals surface area contributed by atoms with E-state index in [4.69, 9.17) is 0 Å². The number of nitrogens with one attached hydrogen (secondary N) is 1. The molecule has 32 heavy (non-hydrogen) atoms. The summed E-state index contributed by atoms with van der Waals surface area (Å²) in [5.41, 5.74) is 0. The average Bonchev–Trinajstić information content (AvgIpc) is 2.79. The van der Waals surface area contributed by atoms with Crippen molar-refractivity contribution in [3.05, 3.63) is 18.3 Å². The molecule has 182 valence electrons. The molecule has 1 atom stereocenters. The van der Waals surface area contributed by atoms with E-state index in [-0.39, 0.29) is 17.0 Å². The van der Waals surface area contributed by atoms with Gasteiger partial charge in [0, 0.05) is 51.5 Å². The molecule has 0 spiro atoms. The van der Waals surface area contributed by atoms with Crippen molar-refractivity contribution in [2.75, 3.05) is 38.1 Å². The number of rotatable bonds is 9. The van der Waals surface area contributed by atoms with Crippen LogP contribution in [0.15, 0.2) is 23.2 Å². The third-order valence-electron chi connectivity index (χ3n) is 6.45. The molecule has 1 aliphatic carbocycles. The van der Waals surface area contributed by atoms with Gasteiger partial charge in [-0.2, -0.15) is 17.0 Å². The van der Waals surface area contributed by atoms with E-state index in [0.29, 0.717) is 32.0 Å². The van der Waals surface area contributed by atoms with Crippen LogP contribution in [0, 0.1) is 0 Å². The quantitative estimate of drug-likeness (QED) is 0.573. The Morgan fingerprint density at radius 1 is 1.09 bits per heavy atom. The summed E-state index contributed by atoms with van der Waals surface area (Å²) in [6.45, 7) is 5.67. The maximum absolute atomic E-state index is 13.1. The highest BCUT2D eigenvalue weighted by Gasteiger charge is 2.34. The number of aromatic nitrogens is 1. The van der Waals surface area contributed by atoms with Gasteiger partial charge in [0.25, 0.3) is 10.2 Å². The maximum Gasteiger partial charge on any atom is 0.282 e. The maximum atomic E-state index is 13.1. The van der Waals surface area contributed by atoms with Gasteiger partial charge in [0.05, 0.1) is 0 Å². The van der Waals surface area contributed by atoms with Crippen LogP contribution in [-0.4, -0.2) is 75.7 Å². The molecule has 1 aromatic rings. The fraction of sp³-hybridized carbons (Fsp3) is 0.762. The van der Waals surface area contributed by atoms with E-state index in [2.05, 4.69) is 9.71 Å². The molecule has 3 rings (SSSR count). The van der Waals surface area contributed by atoms with E-state index < -0.39 is 20.2 Å². The summed E-state index contributed by atoms with van der Waals surface area (Å²) in [6, 6.07) is 3.21. The number of hydrogen-bond acceptors (Lipinski definition) is 6. The summed E-state index contributed by atoms with van der Waals surface area (Å²) in [5, 5.41) is 0. The van der Waals surface area contributed by atoms with Gasteiger partial charge in [-0.25, -0.2) is 18.1 Å². The van der Waals surface area contributed by atoms with Crippen molar-refractivity contribution in [1.82, 2.24) is 18.3 Å². The van der Waals surface area contributed by atoms with Gasteiger partial charge in [-0.3, -0.25) is 0 Å². The Labute approximate surface area is 193 Å². The smallest absolute Gasteiger partial charge is 0.282 e. The molecule has 1 unspecified atom stereocenters. The molecule has 1 aliphatic heterocycles. The third kappa shape index (κ3) is 5.99. The second kappa shape index (κ2) is 10.8. The lowest BCUT2D eigenvalue weighted by atomic mass is 9.96. The minimum atomic E-state index is -3.60. The van der Waals surface area contributed by atoms with Crippen LogP contribution in [0.3, 0.4) is 0 Å². The molecule has 1 saturated carbocycles. The van der Waals surface area contributed by atoms with Gasteiger partial charge in [0.15, 0.2) is 0 Å². The zero-order valence-electron chi connectivity index (χ0n) is 19.4. The topological polar surface area (TPSA) is 103 Å². The largest absolute Gasteiger partial charge is 0.354 e. The second-order valence-electron chi connectivity index (χ2n) is 8.87. The van der Waals surface area contributed by atoms with Crippen LogP contribution >= 0.6 is 0 Å². The monoisotopic (exact) mass is 487 g/mol. The Morgan fingerprint density at radius 2 is 1.75 bits per heavy atom. The zero-order chi connectivity index (χ0) is 23.4. The number of anilines is 1. The summed E-state index contributed by atoms with van der Waals surface area (Å²) in [7, 11) is -5.38. The van der Waals surface area contributed by atoms with E-state index in [1.165, 1.54) is 12.6 Å². The fourth-order valence-corrected chi connectivity index (χ4v) is 7.31. The highest BCUT2D eigenvalue weighted by atomic mass is 32.2. The molecule has 2 heterocycles. The third-order valence-corrected chi connectivity index (χ3v) is 10.1. The van der Waals surface area contributed by atoms with Crippen molar-refractivity contribution >= 4 is 26.1 Å². The van der Waals surface area contributed by atoms with E-state index in [9.17, 15) is 16.8 Å². The lowest BCUT2D eigenvalue weighted by molar-refractivity contribution is 0.259. The number of pyridine rings is 1. The van der Waals surface area contributed by atoms with Crippen LogP contribution < -0.4 is 9.62 Å². The lowest BCUT2D eigenvalue weighted by Gasteiger charge is -2.39. The predicted octanol–water partition coefficient (Wildman–Crippen LogP) is 2.18. The van der Waals surface area contributed by atoms with E-state index >= 15 is 0 Å². The molecule has 11 heteroatoms. The van der Waals surface area contributed by atoms with Gasteiger partial charge in [-0.05, 0) is 38.3 Å². The van der Waals surface area contributed by atoms with Crippen LogP contribution in [0.5, 0.6) is 0 Å². The van der Waals surface area contributed by atoms with E-state index in [1.807, 2.05) is 18.7 Å². The first-order chi connectivity index (χ1) is 15.1. The Morgan fingerprint density at radius 3 is 2.31 bits per heavy atom. The van der Waals surface area contributed by atoms with Crippen LogP contribution in [0.1, 0.15) is 58.8 Å². The molecule has 9 nitrogen and oxygen atoms in total. The minimum absolute atomic E-state index is 0.0941. The first-order valence-corrected chi connectivity index (χ1v) is 14.5. The molecule has 0 bridgehead atoms. The number of piperazine rings is 1. The van der Waals surface area contributed by atoms with Gasteiger partial charge in [0.2, 0.25) is 10.0 Å². The van der Waals surface area contributed by atoms with E-state index in [0.717, 1.165) is 38.5 Å². The first kappa shape index (κ1) is 25.4. The summed E-state index contributed by atoms with van der Waals surface area (Å²) in [5.74, 6) is 0.656.